The first kappa shape index (κ1) is 8.74. The monoisotopic (exact) mass is 190 g/mol. The standard InChI is InChI=1S/C10H10N2O2/c1-6-2-3-9-7(4-6)8(12-14-9)5-10(11)13/h2-4H,5H2,1H3,(H2,11,13). The third kappa shape index (κ3) is 1.46. The molecule has 72 valence electrons. The van der Waals surface area contributed by atoms with Crippen LogP contribution in [0.1, 0.15) is 11.3 Å². The van der Waals surface area contributed by atoms with Gasteiger partial charge in [-0.3, -0.25) is 4.79 Å². The quantitative estimate of drug-likeness (QED) is 0.772. The van der Waals surface area contributed by atoms with Crippen LogP contribution < -0.4 is 5.73 Å². The van der Waals surface area contributed by atoms with E-state index in [1.54, 1.807) is 0 Å². The topological polar surface area (TPSA) is 69.1 Å². The molecule has 2 aromatic rings. The number of rotatable bonds is 2. The predicted octanol–water partition coefficient (Wildman–Crippen LogP) is 1.16. The van der Waals surface area contributed by atoms with E-state index >= 15 is 0 Å². The normalized spacial score (nSPS) is 10.6. The second-order valence-electron chi connectivity index (χ2n) is 3.27. The maximum Gasteiger partial charge on any atom is 0.223 e. The Bertz CT molecular complexity index is 488. The fraction of sp³-hybridized carbons (Fsp3) is 0.200. The molecule has 1 aromatic heterocycles. The highest BCUT2D eigenvalue weighted by Gasteiger charge is 2.09. The summed E-state index contributed by atoms with van der Waals surface area (Å²) in [7, 11) is 0. The zero-order valence-corrected chi connectivity index (χ0v) is 7.78. The van der Waals surface area contributed by atoms with Crippen LogP contribution in [0.5, 0.6) is 0 Å². The lowest BCUT2D eigenvalue weighted by atomic mass is 10.1. The molecule has 0 aliphatic carbocycles. The van der Waals surface area contributed by atoms with Crippen molar-refractivity contribution in [1.29, 1.82) is 0 Å². The molecule has 0 atom stereocenters. The summed E-state index contributed by atoms with van der Waals surface area (Å²) in [5.74, 6) is -0.401. The van der Waals surface area contributed by atoms with E-state index in [-0.39, 0.29) is 6.42 Å². The van der Waals surface area contributed by atoms with Crippen molar-refractivity contribution < 1.29 is 9.32 Å². The lowest BCUT2D eigenvalue weighted by Gasteiger charge is -1.93. The molecule has 0 saturated carbocycles. The molecule has 0 aliphatic rings. The number of carbonyl (C=O) groups is 1. The van der Waals surface area contributed by atoms with Crippen molar-refractivity contribution >= 4 is 16.9 Å². The number of amides is 1. The maximum atomic E-state index is 10.7. The Morgan fingerprint density at radius 1 is 1.57 bits per heavy atom. The Hall–Kier alpha value is -1.84. The Kier molecular flexibility index (Phi) is 1.96. The zero-order valence-electron chi connectivity index (χ0n) is 7.78. The summed E-state index contributed by atoms with van der Waals surface area (Å²) in [6.07, 6.45) is 0.121. The van der Waals surface area contributed by atoms with Crippen molar-refractivity contribution in [2.75, 3.05) is 0 Å². The first-order valence-corrected chi connectivity index (χ1v) is 4.30. The average Bonchev–Trinajstić information content (AvgIpc) is 2.47. The van der Waals surface area contributed by atoms with E-state index in [9.17, 15) is 4.79 Å². The van der Waals surface area contributed by atoms with Gasteiger partial charge in [0, 0.05) is 5.39 Å². The summed E-state index contributed by atoms with van der Waals surface area (Å²) in [6, 6.07) is 5.70. The molecule has 2 rings (SSSR count). The first-order valence-electron chi connectivity index (χ1n) is 4.30. The molecule has 0 saturated heterocycles. The molecule has 1 heterocycles. The van der Waals surface area contributed by atoms with Gasteiger partial charge in [0.25, 0.3) is 0 Å². The number of primary amides is 1. The highest BCUT2D eigenvalue weighted by molar-refractivity contribution is 5.85. The van der Waals surface area contributed by atoms with Gasteiger partial charge in [0.2, 0.25) is 5.91 Å². The minimum Gasteiger partial charge on any atom is -0.369 e. The van der Waals surface area contributed by atoms with Crippen molar-refractivity contribution in [3.8, 4) is 0 Å². The van der Waals surface area contributed by atoms with Crippen LogP contribution in [-0.4, -0.2) is 11.1 Å². The van der Waals surface area contributed by atoms with Gasteiger partial charge in [-0.1, -0.05) is 16.8 Å². The number of benzene rings is 1. The molecule has 4 nitrogen and oxygen atoms in total. The third-order valence-corrected chi connectivity index (χ3v) is 2.04. The molecule has 0 bridgehead atoms. The summed E-state index contributed by atoms with van der Waals surface area (Å²) in [5, 5.41) is 4.67. The van der Waals surface area contributed by atoms with E-state index in [1.165, 1.54) is 0 Å². The van der Waals surface area contributed by atoms with Gasteiger partial charge in [0.1, 0.15) is 5.69 Å². The minimum absolute atomic E-state index is 0.121. The maximum absolute atomic E-state index is 10.7. The van der Waals surface area contributed by atoms with Gasteiger partial charge < -0.3 is 10.3 Å². The number of fused-ring (bicyclic) bond motifs is 1. The molecule has 0 unspecified atom stereocenters. The molecule has 0 fully saturated rings. The highest BCUT2D eigenvalue weighted by atomic mass is 16.5. The van der Waals surface area contributed by atoms with Crippen LogP contribution in [0.15, 0.2) is 22.7 Å². The van der Waals surface area contributed by atoms with E-state index in [1.807, 2.05) is 25.1 Å². The van der Waals surface area contributed by atoms with Crippen LogP contribution in [0.3, 0.4) is 0 Å². The molecule has 0 radical (unpaired) electrons. The number of hydrogen-bond donors (Lipinski definition) is 1. The van der Waals surface area contributed by atoms with Crippen LogP contribution in [0.2, 0.25) is 0 Å². The summed E-state index contributed by atoms with van der Waals surface area (Å²) in [5.41, 5.74) is 7.49. The Labute approximate surface area is 80.7 Å². The molecular weight excluding hydrogens is 180 g/mol. The third-order valence-electron chi connectivity index (χ3n) is 2.04. The molecule has 0 spiro atoms. The smallest absolute Gasteiger partial charge is 0.223 e. The molecule has 0 aliphatic heterocycles. The Balaban J connectivity index is 2.55. The summed E-state index contributed by atoms with van der Waals surface area (Å²) >= 11 is 0. The van der Waals surface area contributed by atoms with Crippen LogP contribution in [0.4, 0.5) is 0 Å². The molecular formula is C10H10N2O2. The van der Waals surface area contributed by atoms with Crippen molar-refractivity contribution in [2.45, 2.75) is 13.3 Å². The number of nitrogens with two attached hydrogens (primary N) is 1. The van der Waals surface area contributed by atoms with E-state index < -0.39 is 5.91 Å². The van der Waals surface area contributed by atoms with E-state index in [2.05, 4.69) is 5.16 Å². The van der Waals surface area contributed by atoms with Crippen LogP contribution >= 0.6 is 0 Å². The minimum atomic E-state index is -0.401. The van der Waals surface area contributed by atoms with E-state index in [0.29, 0.717) is 11.3 Å². The van der Waals surface area contributed by atoms with Gasteiger partial charge in [-0.05, 0) is 19.1 Å². The average molecular weight is 190 g/mol. The summed E-state index contributed by atoms with van der Waals surface area (Å²) in [4.78, 5) is 10.7. The van der Waals surface area contributed by atoms with Gasteiger partial charge in [-0.25, -0.2) is 0 Å². The number of nitrogens with zero attached hydrogens (tertiary/aromatic N) is 1. The van der Waals surface area contributed by atoms with Crippen molar-refractivity contribution in [1.82, 2.24) is 5.16 Å². The predicted molar refractivity (Wildman–Crippen MR) is 51.6 cm³/mol. The first-order chi connectivity index (χ1) is 6.66. The lowest BCUT2D eigenvalue weighted by Crippen LogP contribution is -2.13. The Morgan fingerprint density at radius 2 is 2.36 bits per heavy atom. The fourth-order valence-electron chi connectivity index (χ4n) is 1.39. The van der Waals surface area contributed by atoms with Crippen molar-refractivity contribution in [3.63, 3.8) is 0 Å². The van der Waals surface area contributed by atoms with Crippen LogP contribution in [0, 0.1) is 6.92 Å². The summed E-state index contributed by atoms with van der Waals surface area (Å²) < 4.78 is 5.05. The number of aryl methyl sites for hydroxylation is 1. The highest BCUT2D eigenvalue weighted by Crippen LogP contribution is 2.19. The fourth-order valence-corrected chi connectivity index (χ4v) is 1.39. The molecule has 2 N–H and O–H groups in total. The van der Waals surface area contributed by atoms with Gasteiger partial charge in [-0.15, -0.1) is 0 Å². The number of hydrogen-bond acceptors (Lipinski definition) is 3. The van der Waals surface area contributed by atoms with Gasteiger partial charge >= 0.3 is 0 Å². The van der Waals surface area contributed by atoms with E-state index in [4.69, 9.17) is 10.3 Å². The Morgan fingerprint density at radius 3 is 3.07 bits per heavy atom. The van der Waals surface area contributed by atoms with Gasteiger partial charge in [0.15, 0.2) is 5.58 Å². The second-order valence-corrected chi connectivity index (χ2v) is 3.27. The van der Waals surface area contributed by atoms with Crippen LogP contribution in [0.25, 0.3) is 11.0 Å². The zero-order chi connectivity index (χ0) is 10.1. The molecule has 1 amide bonds. The van der Waals surface area contributed by atoms with Crippen molar-refractivity contribution in [2.24, 2.45) is 5.73 Å². The molecule has 14 heavy (non-hydrogen) atoms. The SMILES string of the molecule is Cc1ccc2onc(CC(N)=O)c2c1. The largest absolute Gasteiger partial charge is 0.369 e. The van der Waals surface area contributed by atoms with Gasteiger partial charge in [-0.2, -0.15) is 0 Å². The lowest BCUT2D eigenvalue weighted by molar-refractivity contribution is -0.117. The van der Waals surface area contributed by atoms with E-state index in [0.717, 1.165) is 10.9 Å². The molecule has 4 heteroatoms. The number of aromatic nitrogens is 1. The van der Waals surface area contributed by atoms with Gasteiger partial charge in [0.05, 0.1) is 6.42 Å². The number of carbonyl (C=O) groups excluding carboxylic acids is 1. The summed E-state index contributed by atoms with van der Waals surface area (Å²) in [6.45, 7) is 1.97. The van der Waals surface area contributed by atoms with Crippen LogP contribution in [-0.2, 0) is 11.2 Å². The van der Waals surface area contributed by atoms with Crippen molar-refractivity contribution in [3.05, 3.63) is 29.5 Å². The molecule has 1 aromatic carbocycles. The second kappa shape index (κ2) is 3.14.